The second-order valence-electron chi connectivity index (χ2n) is 7.18. The molecule has 10 heteroatoms. The van der Waals surface area contributed by atoms with Crippen LogP contribution in [0.5, 0.6) is 5.75 Å². The van der Waals surface area contributed by atoms with Crippen LogP contribution < -0.4 is 10.1 Å². The Morgan fingerprint density at radius 3 is 2.70 bits per heavy atom. The molecule has 0 saturated heterocycles. The molecule has 3 rings (SSSR count). The third-order valence-corrected chi connectivity index (χ3v) is 5.81. The number of carbonyl (C=O) groups is 1. The number of rotatable bonds is 11. The Morgan fingerprint density at radius 1 is 1.27 bits per heavy atom. The summed E-state index contributed by atoms with van der Waals surface area (Å²) in [5.41, 5.74) is 2.29. The molecule has 0 saturated carbocycles. The molecule has 0 aliphatic heterocycles. The number of carbonyl (C=O) groups excluding carboxylic acids is 1. The average molecular weight is 468 g/mol. The van der Waals surface area contributed by atoms with Crippen LogP contribution in [-0.2, 0) is 24.4 Å². The molecule has 0 bridgehead atoms. The third-order valence-electron chi connectivity index (χ3n) is 4.84. The van der Waals surface area contributed by atoms with Crippen LogP contribution >= 0.6 is 11.8 Å². The van der Waals surface area contributed by atoms with E-state index in [0.29, 0.717) is 23.2 Å². The normalized spacial score (nSPS) is 10.6. The lowest BCUT2D eigenvalue weighted by atomic mass is 10.2. The maximum Gasteiger partial charge on any atom is 0.271 e. The minimum Gasteiger partial charge on any atom is -0.486 e. The van der Waals surface area contributed by atoms with E-state index < -0.39 is 4.92 Å². The van der Waals surface area contributed by atoms with Crippen LogP contribution in [0.25, 0.3) is 0 Å². The number of aryl methyl sites for hydroxylation is 2. The van der Waals surface area contributed by atoms with Gasteiger partial charge >= 0.3 is 0 Å². The van der Waals surface area contributed by atoms with E-state index in [4.69, 9.17) is 4.74 Å². The first-order chi connectivity index (χ1) is 15.9. The molecule has 33 heavy (non-hydrogen) atoms. The Kier molecular flexibility index (Phi) is 8.20. The Bertz CT molecular complexity index is 1140. The van der Waals surface area contributed by atoms with E-state index in [0.717, 1.165) is 17.7 Å². The van der Waals surface area contributed by atoms with Crippen molar-refractivity contribution < 1.29 is 14.5 Å². The molecule has 172 valence electrons. The maximum atomic E-state index is 12.5. The van der Waals surface area contributed by atoms with Crippen LogP contribution in [0, 0.1) is 17.0 Å². The fraction of sp³-hybridized carbons (Fsp3) is 0.261. The van der Waals surface area contributed by atoms with Crippen LogP contribution in [-0.4, -0.2) is 31.3 Å². The van der Waals surface area contributed by atoms with Gasteiger partial charge in [0, 0.05) is 18.7 Å². The zero-order valence-corrected chi connectivity index (χ0v) is 19.3. The van der Waals surface area contributed by atoms with Crippen molar-refractivity contribution in [3.05, 3.63) is 82.2 Å². The van der Waals surface area contributed by atoms with Gasteiger partial charge in [0.2, 0.25) is 5.91 Å². The van der Waals surface area contributed by atoms with E-state index in [1.165, 1.54) is 29.5 Å². The Morgan fingerprint density at radius 2 is 2.03 bits per heavy atom. The number of hydrogen-bond donors (Lipinski definition) is 1. The number of ether oxygens (including phenoxy) is 1. The molecule has 1 amide bonds. The number of allylic oxidation sites excluding steroid dienone is 1. The average Bonchev–Trinajstić information content (AvgIpc) is 3.19. The van der Waals surface area contributed by atoms with Gasteiger partial charge < -0.3 is 10.1 Å². The molecule has 0 aliphatic rings. The molecular formula is C23H25N5O4S. The Labute approximate surface area is 196 Å². The molecular weight excluding hydrogens is 442 g/mol. The number of non-ortho nitro benzene ring substituents is 1. The number of anilines is 1. The number of benzene rings is 2. The lowest BCUT2D eigenvalue weighted by Crippen LogP contribution is -2.16. The third kappa shape index (κ3) is 6.42. The lowest BCUT2D eigenvalue weighted by molar-refractivity contribution is -0.384. The molecule has 0 fully saturated rings. The Hall–Kier alpha value is -3.66. The zero-order chi connectivity index (χ0) is 23.8. The second-order valence-corrected chi connectivity index (χ2v) is 8.12. The van der Waals surface area contributed by atoms with Gasteiger partial charge in [0.25, 0.3) is 5.69 Å². The first kappa shape index (κ1) is 24.0. The number of nitrogens with zero attached hydrogens (tertiary/aromatic N) is 4. The van der Waals surface area contributed by atoms with Gasteiger partial charge in [-0.05, 0) is 36.6 Å². The van der Waals surface area contributed by atoms with Crippen LogP contribution in [0.15, 0.2) is 60.3 Å². The van der Waals surface area contributed by atoms with Crippen molar-refractivity contribution in [2.45, 2.75) is 38.6 Å². The number of nitro groups is 1. The summed E-state index contributed by atoms with van der Waals surface area (Å²) in [5.74, 6) is 1.12. The van der Waals surface area contributed by atoms with Crippen LogP contribution in [0.1, 0.15) is 23.9 Å². The SMILES string of the molecule is C=CCn1c(COc2ccc(CC)cc2)nnc1SCC(=O)Nc1cc([N+](=O)[O-])ccc1C. The molecule has 0 unspecified atom stereocenters. The van der Waals surface area contributed by atoms with Crippen molar-refractivity contribution >= 4 is 29.0 Å². The predicted molar refractivity (Wildman–Crippen MR) is 128 cm³/mol. The lowest BCUT2D eigenvalue weighted by Gasteiger charge is -2.10. The number of nitro benzene ring substituents is 1. The molecule has 1 aromatic heterocycles. The van der Waals surface area contributed by atoms with Crippen molar-refractivity contribution in [3.8, 4) is 5.75 Å². The number of hydrogen-bond acceptors (Lipinski definition) is 7. The summed E-state index contributed by atoms with van der Waals surface area (Å²) >= 11 is 1.22. The van der Waals surface area contributed by atoms with Crippen molar-refractivity contribution in [2.75, 3.05) is 11.1 Å². The zero-order valence-electron chi connectivity index (χ0n) is 18.5. The topological polar surface area (TPSA) is 112 Å². The quantitative estimate of drug-likeness (QED) is 0.190. The highest BCUT2D eigenvalue weighted by Gasteiger charge is 2.16. The second kappa shape index (κ2) is 11.3. The molecule has 0 spiro atoms. The summed E-state index contributed by atoms with van der Waals surface area (Å²) in [6, 6.07) is 12.2. The molecule has 1 N–H and O–H groups in total. The van der Waals surface area contributed by atoms with E-state index in [1.807, 2.05) is 28.8 Å². The highest BCUT2D eigenvalue weighted by Crippen LogP contribution is 2.23. The van der Waals surface area contributed by atoms with Crippen LogP contribution in [0.2, 0.25) is 0 Å². The van der Waals surface area contributed by atoms with Crippen molar-refractivity contribution in [3.63, 3.8) is 0 Å². The standard InChI is InChI=1S/C23H25N5O4S/c1-4-12-27-21(14-32-19-10-7-17(5-2)8-11-19)25-26-23(27)33-15-22(29)24-20-13-18(28(30)31)9-6-16(20)3/h4,6-11,13H,1,5,12,14-15H2,2-3H3,(H,24,29). The van der Waals surface area contributed by atoms with Gasteiger partial charge in [-0.1, -0.05) is 43.0 Å². The van der Waals surface area contributed by atoms with Crippen LogP contribution in [0.4, 0.5) is 11.4 Å². The van der Waals surface area contributed by atoms with E-state index in [9.17, 15) is 14.9 Å². The summed E-state index contributed by atoms with van der Waals surface area (Å²) in [6.45, 7) is 8.34. The van der Waals surface area contributed by atoms with Gasteiger partial charge in [-0.25, -0.2) is 0 Å². The molecule has 9 nitrogen and oxygen atoms in total. The maximum absolute atomic E-state index is 12.5. The fourth-order valence-corrected chi connectivity index (χ4v) is 3.76. The van der Waals surface area contributed by atoms with Gasteiger partial charge in [0.15, 0.2) is 11.0 Å². The van der Waals surface area contributed by atoms with Crippen molar-refractivity contribution in [1.82, 2.24) is 14.8 Å². The van der Waals surface area contributed by atoms with Crippen LogP contribution in [0.3, 0.4) is 0 Å². The van der Waals surface area contributed by atoms with Crippen molar-refractivity contribution in [1.29, 1.82) is 0 Å². The van der Waals surface area contributed by atoms with E-state index >= 15 is 0 Å². The number of nitrogens with one attached hydrogen (secondary N) is 1. The first-order valence-electron chi connectivity index (χ1n) is 10.3. The summed E-state index contributed by atoms with van der Waals surface area (Å²) in [4.78, 5) is 22.9. The number of thioether (sulfide) groups is 1. The molecule has 3 aromatic rings. The summed E-state index contributed by atoms with van der Waals surface area (Å²) < 4.78 is 7.68. The minimum atomic E-state index is -0.497. The first-order valence-corrected chi connectivity index (χ1v) is 11.3. The van der Waals surface area contributed by atoms with E-state index in [1.54, 1.807) is 19.1 Å². The van der Waals surface area contributed by atoms with Crippen molar-refractivity contribution in [2.24, 2.45) is 0 Å². The van der Waals surface area contributed by atoms with E-state index in [2.05, 4.69) is 29.0 Å². The van der Waals surface area contributed by atoms with Gasteiger partial charge in [-0.2, -0.15) is 0 Å². The largest absolute Gasteiger partial charge is 0.486 e. The molecule has 0 radical (unpaired) electrons. The van der Waals surface area contributed by atoms with Gasteiger partial charge in [-0.15, -0.1) is 16.8 Å². The number of amides is 1. The monoisotopic (exact) mass is 467 g/mol. The van der Waals surface area contributed by atoms with Gasteiger partial charge in [-0.3, -0.25) is 19.5 Å². The summed E-state index contributed by atoms with van der Waals surface area (Å²) in [5, 5.41) is 22.7. The summed E-state index contributed by atoms with van der Waals surface area (Å²) in [7, 11) is 0. The molecule has 1 heterocycles. The Balaban J connectivity index is 1.63. The number of aromatic nitrogens is 3. The minimum absolute atomic E-state index is 0.0662. The molecule has 0 atom stereocenters. The predicted octanol–water partition coefficient (Wildman–Crippen LogP) is 4.55. The summed E-state index contributed by atoms with van der Waals surface area (Å²) in [6.07, 6.45) is 2.68. The fourth-order valence-electron chi connectivity index (χ4n) is 2.99. The molecule has 2 aromatic carbocycles. The molecule has 0 aliphatic carbocycles. The van der Waals surface area contributed by atoms with Gasteiger partial charge in [0.1, 0.15) is 12.4 Å². The van der Waals surface area contributed by atoms with Gasteiger partial charge in [0.05, 0.1) is 16.4 Å². The highest BCUT2D eigenvalue weighted by molar-refractivity contribution is 7.99. The smallest absolute Gasteiger partial charge is 0.271 e. The highest BCUT2D eigenvalue weighted by atomic mass is 32.2. The van der Waals surface area contributed by atoms with E-state index in [-0.39, 0.29) is 24.0 Å².